The standard InChI is InChI=1S/C13H22N4S/c1-14-13(16-10-12-6-4-8-18-12)15-9-11-5-3-7-17(11)2/h3,5,7,12H,4,6,8-10H2,1-2H3,(H2,14,15,16). The second kappa shape index (κ2) is 6.73. The van der Waals surface area contributed by atoms with Crippen LogP contribution in [0.5, 0.6) is 0 Å². The number of hydrogen-bond acceptors (Lipinski definition) is 2. The van der Waals surface area contributed by atoms with Crippen molar-refractivity contribution in [1.82, 2.24) is 15.2 Å². The first-order valence-electron chi connectivity index (χ1n) is 6.46. The number of rotatable bonds is 4. The van der Waals surface area contributed by atoms with Crippen LogP contribution in [0, 0.1) is 0 Å². The van der Waals surface area contributed by atoms with E-state index in [2.05, 4.69) is 57.3 Å². The molecule has 4 nitrogen and oxygen atoms in total. The summed E-state index contributed by atoms with van der Waals surface area (Å²) in [4.78, 5) is 4.25. The molecule has 1 fully saturated rings. The molecule has 1 saturated heterocycles. The van der Waals surface area contributed by atoms with Crippen LogP contribution in [0.2, 0.25) is 0 Å². The Bertz CT molecular complexity index is 393. The molecule has 0 spiro atoms. The molecule has 100 valence electrons. The van der Waals surface area contributed by atoms with Crippen molar-refractivity contribution in [3.8, 4) is 0 Å². The fourth-order valence-electron chi connectivity index (χ4n) is 2.09. The van der Waals surface area contributed by atoms with Crippen molar-refractivity contribution in [3.63, 3.8) is 0 Å². The van der Waals surface area contributed by atoms with Gasteiger partial charge in [0.25, 0.3) is 0 Å². The van der Waals surface area contributed by atoms with Gasteiger partial charge < -0.3 is 15.2 Å². The van der Waals surface area contributed by atoms with E-state index in [1.54, 1.807) is 0 Å². The van der Waals surface area contributed by atoms with Crippen molar-refractivity contribution in [2.75, 3.05) is 19.3 Å². The largest absolute Gasteiger partial charge is 0.355 e. The summed E-state index contributed by atoms with van der Waals surface area (Å²) in [5, 5.41) is 7.50. The van der Waals surface area contributed by atoms with Crippen LogP contribution in [0.25, 0.3) is 0 Å². The van der Waals surface area contributed by atoms with E-state index in [0.717, 1.165) is 24.3 Å². The van der Waals surface area contributed by atoms with E-state index in [4.69, 9.17) is 0 Å². The summed E-state index contributed by atoms with van der Waals surface area (Å²) in [6.07, 6.45) is 4.74. The molecule has 2 rings (SSSR count). The fraction of sp³-hybridized carbons (Fsp3) is 0.615. The van der Waals surface area contributed by atoms with Crippen LogP contribution < -0.4 is 10.6 Å². The predicted octanol–water partition coefficient (Wildman–Crippen LogP) is 1.59. The van der Waals surface area contributed by atoms with Crippen LogP contribution >= 0.6 is 11.8 Å². The first kappa shape index (κ1) is 13.3. The van der Waals surface area contributed by atoms with Crippen molar-refractivity contribution < 1.29 is 0 Å². The molecule has 18 heavy (non-hydrogen) atoms. The lowest BCUT2D eigenvalue weighted by atomic mass is 10.2. The normalized spacial score (nSPS) is 20.1. The van der Waals surface area contributed by atoms with Crippen molar-refractivity contribution in [2.24, 2.45) is 12.0 Å². The molecule has 0 aliphatic carbocycles. The summed E-state index contributed by atoms with van der Waals surface area (Å²) in [6.45, 7) is 1.82. The lowest BCUT2D eigenvalue weighted by Gasteiger charge is -2.15. The third kappa shape index (κ3) is 3.70. The third-order valence-electron chi connectivity index (χ3n) is 3.23. The van der Waals surface area contributed by atoms with Gasteiger partial charge in [0.2, 0.25) is 0 Å². The smallest absolute Gasteiger partial charge is 0.191 e. The Kier molecular flexibility index (Phi) is 4.99. The Morgan fingerprint density at radius 1 is 1.56 bits per heavy atom. The van der Waals surface area contributed by atoms with Crippen molar-refractivity contribution in [3.05, 3.63) is 24.0 Å². The summed E-state index contributed by atoms with van der Waals surface area (Å²) >= 11 is 2.06. The molecule has 0 amide bonds. The summed E-state index contributed by atoms with van der Waals surface area (Å²) in [5.74, 6) is 2.20. The molecule has 1 aliphatic heterocycles. The van der Waals surface area contributed by atoms with Crippen LogP contribution in [-0.2, 0) is 13.6 Å². The highest BCUT2D eigenvalue weighted by atomic mass is 32.2. The average molecular weight is 266 g/mol. The second-order valence-corrected chi connectivity index (χ2v) is 5.96. The van der Waals surface area contributed by atoms with Gasteiger partial charge in [-0.05, 0) is 30.7 Å². The molecule has 1 unspecified atom stereocenters. The van der Waals surface area contributed by atoms with E-state index in [-0.39, 0.29) is 0 Å². The predicted molar refractivity (Wildman–Crippen MR) is 79.1 cm³/mol. The molecule has 0 saturated carbocycles. The minimum absolute atomic E-state index is 0.749. The summed E-state index contributed by atoms with van der Waals surface area (Å²) in [6, 6.07) is 4.18. The van der Waals surface area contributed by atoms with E-state index < -0.39 is 0 Å². The number of guanidine groups is 1. The minimum atomic E-state index is 0.749. The van der Waals surface area contributed by atoms with Gasteiger partial charge in [0.05, 0.1) is 6.54 Å². The Balaban J connectivity index is 1.74. The molecule has 0 aromatic carbocycles. The minimum Gasteiger partial charge on any atom is -0.355 e. The van der Waals surface area contributed by atoms with Gasteiger partial charge in [-0.2, -0.15) is 11.8 Å². The highest BCUT2D eigenvalue weighted by Gasteiger charge is 2.15. The van der Waals surface area contributed by atoms with E-state index in [9.17, 15) is 0 Å². The Hall–Kier alpha value is -1.10. The molecular weight excluding hydrogens is 244 g/mol. The second-order valence-electron chi connectivity index (χ2n) is 4.55. The maximum atomic E-state index is 4.25. The Labute approximate surface area is 113 Å². The van der Waals surface area contributed by atoms with Crippen molar-refractivity contribution >= 4 is 17.7 Å². The summed E-state index contributed by atoms with van der Waals surface area (Å²) in [7, 11) is 3.88. The zero-order chi connectivity index (χ0) is 12.8. The number of nitrogens with zero attached hydrogens (tertiary/aromatic N) is 2. The SMILES string of the molecule is CN=C(NCc1cccn1C)NCC1CCCS1. The number of nitrogens with one attached hydrogen (secondary N) is 2. The molecule has 1 atom stereocenters. The quantitative estimate of drug-likeness (QED) is 0.642. The van der Waals surface area contributed by atoms with E-state index in [1.165, 1.54) is 24.3 Å². The van der Waals surface area contributed by atoms with Gasteiger partial charge in [-0.3, -0.25) is 4.99 Å². The Morgan fingerprint density at radius 3 is 3.06 bits per heavy atom. The maximum absolute atomic E-state index is 4.25. The summed E-state index contributed by atoms with van der Waals surface area (Å²) in [5.41, 5.74) is 1.26. The van der Waals surface area contributed by atoms with E-state index in [1.807, 2.05) is 7.05 Å². The molecule has 2 N–H and O–H groups in total. The molecule has 1 aromatic heterocycles. The van der Waals surface area contributed by atoms with Crippen LogP contribution in [0.4, 0.5) is 0 Å². The molecular formula is C13H22N4S. The van der Waals surface area contributed by atoms with Crippen LogP contribution in [0.15, 0.2) is 23.3 Å². The molecule has 1 aliphatic rings. The highest BCUT2D eigenvalue weighted by molar-refractivity contribution is 8.00. The lowest BCUT2D eigenvalue weighted by Crippen LogP contribution is -2.40. The number of hydrogen-bond donors (Lipinski definition) is 2. The van der Waals surface area contributed by atoms with Crippen molar-refractivity contribution in [1.29, 1.82) is 0 Å². The van der Waals surface area contributed by atoms with Gasteiger partial charge in [0, 0.05) is 37.8 Å². The maximum Gasteiger partial charge on any atom is 0.191 e. The van der Waals surface area contributed by atoms with Gasteiger partial charge in [-0.1, -0.05) is 0 Å². The van der Waals surface area contributed by atoms with Gasteiger partial charge in [-0.15, -0.1) is 0 Å². The van der Waals surface area contributed by atoms with Crippen LogP contribution in [-0.4, -0.2) is 35.1 Å². The van der Waals surface area contributed by atoms with E-state index >= 15 is 0 Å². The van der Waals surface area contributed by atoms with Gasteiger partial charge in [0.1, 0.15) is 0 Å². The number of aromatic nitrogens is 1. The molecule has 5 heteroatoms. The monoisotopic (exact) mass is 266 g/mol. The average Bonchev–Trinajstić information content (AvgIpc) is 3.01. The number of thioether (sulfide) groups is 1. The highest BCUT2D eigenvalue weighted by Crippen LogP contribution is 2.25. The van der Waals surface area contributed by atoms with Crippen LogP contribution in [0.3, 0.4) is 0 Å². The molecule has 0 bridgehead atoms. The zero-order valence-corrected chi connectivity index (χ0v) is 12.0. The van der Waals surface area contributed by atoms with Gasteiger partial charge >= 0.3 is 0 Å². The fourth-order valence-corrected chi connectivity index (χ4v) is 3.29. The summed E-state index contributed by atoms with van der Waals surface area (Å²) < 4.78 is 2.12. The topological polar surface area (TPSA) is 41.4 Å². The third-order valence-corrected chi connectivity index (χ3v) is 4.63. The molecule has 2 heterocycles. The Morgan fingerprint density at radius 2 is 2.44 bits per heavy atom. The lowest BCUT2D eigenvalue weighted by molar-refractivity contribution is 0.714. The first-order valence-corrected chi connectivity index (χ1v) is 7.51. The molecule has 1 aromatic rings. The zero-order valence-electron chi connectivity index (χ0n) is 11.1. The van der Waals surface area contributed by atoms with Crippen molar-refractivity contribution in [2.45, 2.75) is 24.6 Å². The van der Waals surface area contributed by atoms with Gasteiger partial charge in [-0.25, -0.2) is 0 Å². The molecule has 0 radical (unpaired) electrons. The van der Waals surface area contributed by atoms with Gasteiger partial charge in [0.15, 0.2) is 5.96 Å². The van der Waals surface area contributed by atoms with Crippen LogP contribution in [0.1, 0.15) is 18.5 Å². The van der Waals surface area contributed by atoms with E-state index in [0.29, 0.717) is 0 Å². The number of aliphatic imine (C=N–C) groups is 1. The number of aryl methyl sites for hydroxylation is 1. The first-order chi connectivity index (χ1) is 8.79.